The van der Waals surface area contributed by atoms with E-state index in [0.717, 1.165) is 16.9 Å². The summed E-state index contributed by atoms with van der Waals surface area (Å²) in [7, 11) is 3.97. The molecular weight excluding hydrogens is 286 g/mol. The molecule has 6 heteroatoms. The standard InChI is InChI=1S/C15H19N3O2S/c1-10-13(8-16-15(21)17-10)14(19)20-9-11-4-6-12(7-5-11)18(2)3/h4-7H,8-9H2,1-3H3,(H2,16,17,21). The van der Waals surface area contributed by atoms with Crippen LogP contribution in [0.1, 0.15) is 12.5 Å². The zero-order valence-electron chi connectivity index (χ0n) is 12.4. The molecule has 1 aliphatic rings. The number of rotatable bonds is 4. The monoisotopic (exact) mass is 305 g/mol. The Morgan fingerprint density at radius 1 is 1.33 bits per heavy atom. The van der Waals surface area contributed by atoms with Crippen LogP contribution in [0.5, 0.6) is 0 Å². The summed E-state index contributed by atoms with van der Waals surface area (Å²) in [5.74, 6) is -0.327. The van der Waals surface area contributed by atoms with Crippen LogP contribution in [0.4, 0.5) is 5.69 Å². The zero-order chi connectivity index (χ0) is 15.4. The van der Waals surface area contributed by atoms with E-state index in [0.29, 0.717) is 17.2 Å². The van der Waals surface area contributed by atoms with Gasteiger partial charge in [0, 0.05) is 25.5 Å². The predicted molar refractivity (Wildman–Crippen MR) is 87.0 cm³/mol. The maximum Gasteiger partial charge on any atom is 0.337 e. The average molecular weight is 305 g/mol. The minimum atomic E-state index is -0.327. The number of esters is 1. The second kappa shape index (κ2) is 6.58. The van der Waals surface area contributed by atoms with E-state index < -0.39 is 0 Å². The van der Waals surface area contributed by atoms with Crippen molar-refractivity contribution < 1.29 is 9.53 Å². The molecule has 0 bridgehead atoms. The Labute approximate surface area is 130 Å². The lowest BCUT2D eigenvalue weighted by Gasteiger charge is -2.21. The molecule has 0 radical (unpaired) electrons. The van der Waals surface area contributed by atoms with Crippen LogP contribution in [0.25, 0.3) is 0 Å². The zero-order valence-corrected chi connectivity index (χ0v) is 13.2. The van der Waals surface area contributed by atoms with Crippen LogP contribution >= 0.6 is 12.2 Å². The Bertz CT molecular complexity index is 579. The number of carbonyl (C=O) groups excluding carboxylic acids is 1. The SMILES string of the molecule is CC1=C(C(=O)OCc2ccc(N(C)C)cc2)CNC(=S)N1. The molecule has 112 valence electrons. The molecule has 0 aromatic heterocycles. The molecule has 0 fully saturated rings. The minimum Gasteiger partial charge on any atom is -0.457 e. The number of hydrogen-bond donors (Lipinski definition) is 2. The van der Waals surface area contributed by atoms with Crippen molar-refractivity contribution in [1.82, 2.24) is 10.6 Å². The molecule has 0 unspecified atom stereocenters. The van der Waals surface area contributed by atoms with Gasteiger partial charge in [0.25, 0.3) is 0 Å². The molecule has 0 spiro atoms. The van der Waals surface area contributed by atoms with Crippen molar-refractivity contribution in [2.45, 2.75) is 13.5 Å². The van der Waals surface area contributed by atoms with Gasteiger partial charge in [0.2, 0.25) is 0 Å². The van der Waals surface area contributed by atoms with Crippen molar-refractivity contribution >= 4 is 29.0 Å². The van der Waals surface area contributed by atoms with Gasteiger partial charge in [-0.05, 0) is 36.8 Å². The van der Waals surface area contributed by atoms with Crippen molar-refractivity contribution in [3.63, 3.8) is 0 Å². The molecule has 0 amide bonds. The first kappa shape index (κ1) is 15.3. The molecule has 0 saturated heterocycles. The maximum atomic E-state index is 12.1. The molecule has 1 aromatic carbocycles. The molecule has 0 atom stereocenters. The summed E-state index contributed by atoms with van der Waals surface area (Å²) in [6.07, 6.45) is 0. The summed E-state index contributed by atoms with van der Waals surface area (Å²) in [4.78, 5) is 14.1. The first-order valence-electron chi connectivity index (χ1n) is 6.65. The van der Waals surface area contributed by atoms with E-state index >= 15 is 0 Å². The Kier molecular flexibility index (Phi) is 4.80. The molecule has 5 nitrogen and oxygen atoms in total. The van der Waals surface area contributed by atoms with Crippen molar-refractivity contribution in [3.8, 4) is 0 Å². The highest BCUT2D eigenvalue weighted by Gasteiger charge is 2.19. The van der Waals surface area contributed by atoms with Crippen molar-refractivity contribution in [2.24, 2.45) is 0 Å². The number of allylic oxidation sites excluding steroid dienone is 1. The average Bonchev–Trinajstić information content (AvgIpc) is 2.45. The number of hydrogen-bond acceptors (Lipinski definition) is 4. The largest absolute Gasteiger partial charge is 0.457 e. The van der Waals surface area contributed by atoms with Crippen LogP contribution < -0.4 is 15.5 Å². The van der Waals surface area contributed by atoms with Gasteiger partial charge in [-0.25, -0.2) is 4.79 Å². The van der Waals surface area contributed by atoms with Crippen LogP contribution in [0, 0.1) is 0 Å². The fourth-order valence-electron chi connectivity index (χ4n) is 1.94. The van der Waals surface area contributed by atoms with Gasteiger partial charge in [0.15, 0.2) is 5.11 Å². The predicted octanol–water partition coefficient (Wildman–Crippen LogP) is 1.55. The van der Waals surface area contributed by atoms with Gasteiger partial charge >= 0.3 is 5.97 Å². The number of nitrogens with zero attached hydrogens (tertiary/aromatic N) is 1. The molecule has 21 heavy (non-hydrogen) atoms. The number of benzene rings is 1. The molecule has 2 N–H and O–H groups in total. The third-order valence-electron chi connectivity index (χ3n) is 3.25. The van der Waals surface area contributed by atoms with Gasteiger partial charge in [0.1, 0.15) is 6.61 Å². The summed E-state index contributed by atoms with van der Waals surface area (Å²) in [5.41, 5.74) is 3.39. The van der Waals surface area contributed by atoms with Gasteiger partial charge in [-0.1, -0.05) is 12.1 Å². The third-order valence-corrected chi connectivity index (χ3v) is 3.49. The Balaban J connectivity index is 1.95. The Morgan fingerprint density at radius 3 is 2.57 bits per heavy atom. The molecule has 1 heterocycles. The normalized spacial score (nSPS) is 14.3. The summed E-state index contributed by atoms with van der Waals surface area (Å²) in [6.45, 7) is 2.47. The van der Waals surface area contributed by atoms with Crippen molar-refractivity contribution in [2.75, 3.05) is 25.5 Å². The highest BCUT2D eigenvalue weighted by atomic mass is 32.1. The molecule has 0 aliphatic carbocycles. The lowest BCUT2D eigenvalue weighted by atomic mass is 10.2. The van der Waals surface area contributed by atoms with Gasteiger partial charge in [-0.2, -0.15) is 0 Å². The summed E-state index contributed by atoms with van der Waals surface area (Å²) < 4.78 is 5.34. The summed E-state index contributed by atoms with van der Waals surface area (Å²) in [6, 6.07) is 7.90. The van der Waals surface area contributed by atoms with E-state index in [1.165, 1.54) is 0 Å². The third kappa shape index (κ3) is 3.95. The topological polar surface area (TPSA) is 53.6 Å². The number of carbonyl (C=O) groups is 1. The van der Waals surface area contributed by atoms with Crippen LogP contribution in [0.15, 0.2) is 35.5 Å². The number of ether oxygens (including phenoxy) is 1. The lowest BCUT2D eigenvalue weighted by Crippen LogP contribution is -2.42. The maximum absolute atomic E-state index is 12.1. The van der Waals surface area contributed by atoms with Crippen LogP contribution in [0.3, 0.4) is 0 Å². The van der Waals surface area contributed by atoms with Gasteiger partial charge in [-0.15, -0.1) is 0 Å². The first-order chi connectivity index (χ1) is 9.97. The second-order valence-corrected chi connectivity index (χ2v) is 5.46. The van der Waals surface area contributed by atoms with E-state index in [1.54, 1.807) is 0 Å². The van der Waals surface area contributed by atoms with Crippen LogP contribution in [-0.4, -0.2) is 31.7 Å². The highest BCUT2D eigenvalue weighted by Crippen LogP contribution is 2.14. The van der Waals surface area contributed by atoms with E-state index in [2.05, 4.69) is 10.6 Å². The molecule has 1 aromatic rings. The van der Waals surface area contributed by atoms with E-state index in [-0.39, 0.29) is 12.6 Å². The van der Waals surface area contributed by atoms with E-state index in [4.69, 9.17) is 17.0 Å². The molecular formula is C15H19N3O2S. The van der Waals surface area contributed by atoms with Gasteiger partial charge in [-0.3, -0.25) is 0 Å². The van der Waals surface area contributed by atoms with Crippen LogP contribution in [-0.2, 0) is 16.1 Å². The van der Waals surface area contributed by atoms with Crippen LogP contribution in [0.2, 0.25) is 0 Å². The molecule has 1 aliphatic heterocycles. The Hall–Kier alpha value is -2.08. The number of nitrogens with one attached hydrogen (secondary N) is 2. The fourth-order valence-corrected chi connectivity index (χ4v) is 2.17. The smallest absolute Gasteiger partial charge is 0.337 e. The Morgan fingerprint density at radius 2 is 2.00 bits per heavy atom. The van der Waals surface area contributed by atoms with Gasteiger partial charge < -0.3 is 20.3 Å². The minimum absolute atomic E-state index is 0.258. The quantitative estimate of drug-likeness (QED) is 0.650. The summed E-state index contributed by atoms with van der Waals surface area (Å²) >= 11 is 4.98. The second-order valence-electron chi connectivity index (χ2n) is 5.05. The summed E-state index contributed by atoms with van der Waals surface area (Å²) in [5, 5.41) is 6.37. The van der Waals surface area contributed by atoms with E-state index in [1.807, 2.05) is 50.2 Å². The number of anilines is 1. The van der Waals surface area contributed by atoms with Crippen molar-refractivity contribution in [3.05, 3.63) is 41.1 Å². The lowest BCUT2D eigenvalue weighted by molar-refractivity contribution is -0.140. The van der Waals surface area contributed by atoms with E-state index in [9.17, 15) is 4.79 Å². The van der Waals surface area contributed by atoms with Gasteiger partial charge in [0.05, 0.1) is 12.1 Å². The fraction of sp³-hybridized carbons (Fsp3) is 0.333. The van der Waals surface area contributed by atoms with Crippen molar-refractivity contribution in [1.29, 1.82) is 0 Å². The molecule has 0 saturated carbocycles. The number of thiocarbonyl (C=S) groups is 1. The first-order valence-corrected chi connectivity index (χ1v) is 7.06. The highest BCUT2D eigenvalue weighted by molar-refractivity contribution is 7.80. The molecule has 2 rings (SSSR count).